The molecule has 19 heavy (non-hydrogen) atoms. The van der Waals surface area contributed by atoms with Crippen LogP contribution in [0.1, 0.15) is 34.6 Å². The van der Waals surface area contributed by atoms with Crippen molar-refractivity contribution in [1.29, 1.82) is 0 Å². The maximum atomic E-state index is 13.9. The quantitative estimate of drug-likeness (QED) is 0.769. The van der Waals surface area contributed by atoms with Gasteiger partial charge >= 0.3 is 0 Å². The van der Waals surface area contributed by atoms with Crippen LogP contribution < -0.4 is 0 Å². The molecule has 0 atom stereocenters. The fourth-order valence-electron chi connectivity index (χ4n) is 2.73. The molecular formula is C15H13F2NO. The molecule has 4 heteroatoms. The molecule has 0 bridgehead atoms. The maximum absolute atomic E-state index is 13.9. The SMILES string of the molecule is Cc1cc2c(n1-c1cccc(F)c1F)CCCC2=O. The first-order valence-electron chi connectivity index (χ1n) is 6.28. The summed E-state index contributed by atoms with van der Waals surface area (Å²) >= 11 is 0. The molecule has 2 aromatic rings. The Kier molecular flexibility index (Phi) is 2.73. The molecule has 1 aliphatic rings. The molecule has 0 saturated carbocycles. The van der Waals surface area contributed by atoms with Crippen molar-refractivity contribution in [2.75, 3.05) is 0 Å². The molecule has 0 amide bonds. The second-order valence-electron chi connectivity index (χ2n) is 4.83. The highest BCUT2D eigenvalue weighted by atomic mass is 19.2. The van der Waals surface area contributed by atoms with Crippen molar-refractivity contribution in [2.45, 2.75) is 26.2 Å². The zero-order valence-electron chi connectivity index (χ0n) is 10.5. The fraction of sp³-hybridized carbons (Fsp3) is 0.267. The number of aryl methyl sites for hydroxylation is 1. The zero-order chi connectivity index (χ0) is 13.6. The van der Waals surface area contributed by atoms with E-state index in [9.17, 15) is 13.6 Å². The molecule has 0 saturated heterocycles. The van der Waals surface area contributed by atoms with E-state index in [0.717, 1.165) is 23.9 Å². The third kappa shape index (κ3) is 1.79. The number of carbonyl (C=O) groups excluding carboxylic acids is 1. The van der Waals surface area contributed by atoms with Crippen molar-refractivity contribution in [3.8, 4) is 5.69 Å². The molecule has 0 radical (unpaired) electrons. The standard InChI is InChI=1S/C15H13F2NO/c1-9-8-10-12(5-3-7-14(10)19)18(9)13-6-2-4-11(16)15(13)17/h2,4,6,8H,3,5,7H2,1H3. The van der Waals surface area contributed by atoms with Gasteiger partial charge in [-0.25, -0.2) is 8.78 Å². The predicted octanol–water partition coefficient (Wildman–Crippen LogP) is 3.58. The third-order valence-electron chi connectivity index (χ3n) is 3.58. The van der Waals surface area contributed by atoms with Crippen LogP contribution in [0.5, 0.6) is 0 Å². The monoisotopic (exact) mass is 261 g/mol. The minimum Gasteiger partial charge on any atom is -0.315 e. The maximum Gasteiger partial charge on any atom is 0.182 e. The molecule has 0 unspecified atom stereocenters. The molecule has 3 rings (SSSR count). The Labute approximate surface area is 109 Å². The predicted molar refractivity (Wildman–Crippen MR) is 67.7 cm³/mol. The highest BCUT2D eigenvalue weighted by molar-refractivity contribution is 5.98. The number of rotatable bonds is 1. The molecule has 0 N–H and O–H groups in total. The van der Waals surface area contributed by atoms with Crippen molar-refractivity contribution in [1.82, 2.24) is 4.57 Å². The van der Waals surface area contributed by atoms with E-state index in [0.29, 0.717) is 18.4 Å². The Bertz CT molecular complexity index is 673. The Morgan fingerprint density at radius 2 is 2.00 bits per heavy atom. The summed E-state index contributed by atoms with van der Waals surface area (Å²) in [6.07, 6.45) is 2.00. The summed E-state index contributed by atoms with van der Waals surface area (Å²) in [5.74, 6) is -1.66. The number of halogens is 2. The van der Waals surface area contributed by atoms with Crippen molar-refractivity contribution >= 4 is 5.78 Å². The average molecular weight is 261 g/mol. The van der Waals surface area contributed by atoms with E-state index in [4.69, 9.17) is 0 Å². The van der Waals surface area contributed by atoms with Gasteiger partial charge in [0.2, 0.25) is 0 Å². The molecule has 2 nitrogen and oxygen atoms in total. The van der Waals surface area contributed by atoms with Gasteiger partial charge in [-0.3, -0.25) is 4.79 Å². The topological polar surface area (TPSA) is 22.0 Å². The summed E-state index contributed by atoms with van der Waals surface area (Å²) in [6.45, 7) is 1.80. The van der Waals surface area contributed by atoms with Gasteiger partial charge in [-0.2, -0.15) is 0 Å². The highest BCUT2D eigenvalue weighted by Crippen LogP contribution is 2.29. The number of hydrogen-bond donors (Lipinski definition) is 0. The number of ketones is 1. The van der Waals surface area contributed by atoms with Crippen LogP contribution in [0, 0.1) is 18.6 Å². The van der Waals surface area contributed by atoms with E-state index in [1.54, 1.807) is 17.6 Å². The Balaban J connectivity index is 2.26. The first kappa shape index (κ1) is 12.1. The fourth-order valence-corrected chi connectivity index (χ4v) is 2.73. The molecule has 0 spiro atoms. The minimum absolute atomic E-state index is 0.0833. The average Bonchev–Trinajstić information content (AvgIpc) is 2.71. The molecule has 1 aromatic heterocycles. The Hall–Kier alpha value is -1.97. The zero-order valence-corrected chi connectivity index (χ0v) is 10.5. The smallest absolute Gasteiger partial charge is 0.182 e. The van der Waals surface area contributed by atoms with E-state index >= 15 is 0 Å². The van der Waals surface area contributed by atoms with Gasteiger partial charge in [-0.1, -0.05) is 6.07 Å². The summed E-state index contributed by atoms with van der Waals surface area (Å²) in [7, 11) is 0. The van der Waals surface area contributed by atoms with Crippen molar-refractivity contribution < 1.29 is 13.6 Å². The summed E-state index contributed by atoms with van der Waals surface area (Å²) < 4.78 is 28.9. The van der Waals surface area contributed by atoms with Crippen LogP contribution in [0.15, 0.2) is 24.3 Å². The van der Waals surface area contributed by atoms with E-state index in [2.05, 4.69) is 0 Å². The van der Waals surface area contributed by atoms with Crippen LogP contribution >= 0.6 is 0 Å². The largest absolute Gasteiger partial charge is 0.315 e. The lowest BCUT2D eigenvalue weighted by Crippen LogP contribution is -2.13. The second-order valence-corrected chi connectivity index (χ2v) is 4.83. The second kappa shape index (κ2) is 4.30. The van der Waals surface area contributed by atoms with Crippen LogP contribution in [-0.4, -0.2) is 10.4 Å². The van der Waals surface area contributed by atoms with Crippen LogP contribution in [0.4, 0.5) is 8.78 Å². The number of carbonyl (C=O) groups is 1. The number of aromatic nitrogens is 1. The normalized spacial score (nSPS) is 14.6. The number of nitrogens with zero attached hydrogens (tertiary/aromatic N) is 1. The first-order chi connectivity index (χ1) is 9.09. The van der Waals surface area contributed by atoms with Crippen LogP contribution in [0.3, 0.4) is 0 Å². The van der Waals surface area contributed by atoms with Crippen molar-refractivity contribution in [3.63, 3.8) is 0 Å². The number of benzene rings is 1. The lowest BCUT2D eigenvalue weighted by molar-refractivity contribution is 0.0972. The van der Waals surface area contributed by atoms with Crippen LogP contribution in [-0.2, 0) is 6.42 Å². The lowest BCUT2D eigenvalue weighted by Gasteiger charge is -2.16. The molecule has 1 aromatic carbocycles. The summed E-state index contributed by atoms with van der Waals surface area (Å²) in [5.41, 5.74) is 2.36. The number of Topliss-reactive ketones (excluding diaryl/α,β-unsaturated/α-hetero) is 1. The molecule has 1 aliphatic carbocycles. The van der Waals surface area contributed by atoms with Gasteiger partial charge in [0.1, 0.15) is 0 Å². The number of fused-ring (bicyclic) bond motifs is 1. The van der Waals surface area contributed by atoms with Gasteiger partial charge in [0.25, 0.3) is 0 Å². The van der Waals surface area contributed by atoms with Crippen LogP contribution in [0.2, 0.25) is 0 Å². The van der Waals surface area contributed by atoms with Gasteiger partial charge in [0.15, 0.2) is 17.4 Å². The lowest BCUT2D eigenvalue weighted by atomic mass is 9.96. The number of hydrogen-bond acceptors (Lipinski definition) is 1. The van der Waals surface area contributed by atoms with E-state index in [1.165, 1.54) is 12.1 Å². The van der Waals surface area contributed by atoms with Gasteiger partial charge in [-0.05, 0) is 38.0 Å². The minimum atomic E-state index is -0.874. The van der Waals surface area contributed by atoms with Crippen LogP contribution in [0.25, 0.3) is 5.69 Å². The molecule has 0 aliphatic heterocycles. The highest BCUT2D eigenvalue weighted by Gasteiger charge is 2.24. The first-order valence-corrected chi connectivity index (χ1v) is 6.28. The van der Waals surface area contributed by atoms with Gasteiger partial charge < -0.3 is 4.57 Å². The van der Waals surface area contributed by atoms with Crippen molar-refractivity contribution in [3.05, 3.63) is 52.9 Å². The summed E-state index contributed by atoms with van der Waals surface area (Å²) in [5, 5.41) is 0. The third-order valence-corrected chi connectivity index (χ3v) is 3.58. The molecule has 0 fully saturated rings. The van der Waals surface area contributed by atoms with Crippen molar-refractivity contribution in [2.24, 2.45) is 0 Å². The molecular weight excluding hydrogens is 248 g/mol. The Morgan fingerprint density at radius 1 is 1.21 bits per heavy atom. The van der Waals surface area contributed by atoms with E-state index < -0.39 is 11.6 Å². The molecule has 98 valence electrons. The Morgan fingerprint density at radius 3 is 2.79 bits per heavy atom. The molecule has 1 heterocycles. The summed E-state index contributed by atoms with van der Waals surface area (Å²) in [4.78, 5) is 11.9. The van der Waals surface area contributed by atoms with Gasteiger partial charge in [-0.15, -0.1) is 0 Å². The van der Waals surface area contributed by atoms with E-state index in [1.807, 2.05) is 0 Å². The van der Waals surface area contributed by atoms with E-state index in [-0.39, 0.29) is 11.5 Å². The summed E-state index contributed by atoms with van der Waals surface area (Å²) in [6, 6.07) is 5.87. The van der Waals surface area contributed by atoms with Gasteiger partial charge in [0.05, 0.1) is 5.69 Å². The van der Waals surface area contributed by atoms with Gasteiger partial charge in [0, 0.05) is 23.4 Å².